The van der Waals surface area contributed by atoms with E-state index >= 15 is 0 Å². The van der Waals surface area contributed by atoms with E-state index in [0.29, 0.717) is 6.61 Å². The highest BCUT2D eigenvalue weighted by Gasteiger charge is 2.32. The van der Waals surface area contributed by atoms with Crippen molar-refractivity contribution in [2.24, 2.45) is 5.41 Å². The number of ether oxygens (including phenoxy) is 1. The number of unbranched alkanes of at least 4 members (excludes halogenated alkanes) is 1. The summed E-state index contributed by atoms with van der Waals surface area (Å²) in [5, 5.41) is 0. The molecule has 0 amide bonds. The molecule has 1 heterocycles. The minimum atomic E-state index is -0.490. The Bertz CT molecular complexity index is 498. The van der Waals surface area contributed by atoms with Gasteiger partial charge in [-0.25, -0.2) is 0 Å². The van der Waals surface area contributed by atoms with Gasteiger partial charge in [-0.3, -0.25) is 9.78 Å². The summed E-state index contributed by atoms with van der Waals surface area (Å²) in [4.78, 5) is 16.7. The molecule has 0 radical (unpaired) electrons. The molecule has 24 heavy (non-hydrogen) atoms. The highest BCUT2D eigenvalue weighted by atomic mass is 16.5. The maximum Gasteiger partial charge on any atom is 0.311 e. The predicted molar refractivity (Wildman–Crippen MR) is 98.8 cm³/mol. The lowest BCUT2D eigenvalue weighted by Gasteiger charge is -2.31. The van der Waals surface area contributed by atoms with E-state index in [0.717, 1.165) is 29.6 Å². The van der Waals surface area contributed by atoms with Crippen molar-refractivity contribution in [2.45, 2.75) is 52.9 Å². The monoisotopic (exact) mass is 335 g/mol. The van der Waals surface area contributed by atoms with E-state index in [2.05, 4.69) is 39.0 Å². The SMILES string of the molecule is CCCC[N+](C)(C)CCOC(=O)C(C)(C)CC(C)c1cccnc1. The molecule has 0 aliphatic heterocycles. The van der Waals surface area contributed by atoms with Crippen molar-refractivity contribution >= 4 is 5.97 Å². The number of carbonyl (C=O) groups is 1. The first-order chi connectivity index (χ1) is 11.2. The largest absolute Gasteiger partial charge is 0.459 e. The van der Waals surface area contributed by atoms with Crippen LogP contribution in [0.4, 0.5) is 0 Å². The van der Waals surface area contributed by atoms with E-state index in [1.54, 1.807) is 6.20 Å². The van der Waals surface area contributed by atoms with Gasteiger partial charge in [0.2, 0.25) is 0 Å². The Balaban J connectivity index is 2.47. The fraction of sp³-hybridized carbons (Fsp3) is 0.700. The average Bonchev–Trinajstić information content (AvgIpc) is 2.53. The van der Waals surface area contributed by atoms with Gasteiger partial charge in [0.1, 0.15) is 13.2 Å². The topological polar surface area (TPSA) is 39.2 Å². The number of likely N-dealkylation sites (N-methyl/N-ethyl adjacent to an activating group) is 1. The molecule has 136 valence electrons. The van der Waals surface area contributed by atoms with Gasteiger partial charge in [0, 0.05) is 12.4 Å². The van der Waals surface area contributed by atoms with Gasteiger partial charge < -0.3 is 9.22 Å². The lowest BCUT2D eigenvalue weighted by atomic mass is 9.81. The van der Waals surface area contributed by atoms with Crippen molar-refractivity contribution < 1.29 is 14.0 Å². The number of quaternary nitrogens is 1. The molecule has 1 aromatic heterocycles. The van der Waals surface area contributed by atoms with Crippen molar-refractivity contribution in [3.05, 3.63) is 30.1 Å². The standard InChI is InChI=1S/C20H35N2O2/c1-7-8-12-22(5,6)13-14-24-19(23)20(3,4)15-17(2)18-10-9-11-21-16-18/h9-11,16-17H,7-8,12-15H2,1-6H3/q+1. The first-order valence-corrected chi connectivity index (χ1v) is 9.07. The molecule has 0 saturated carbocycles. The molecule has 0 fully saturated rings. The maximum absolute atomic E-state index is 12.5. The number of pyridine rings is 1. The quantitative estimate of drug-likeness (QED) is 0.479. The van der Waals surface area contributed by atoms with Crippen LogP contribution in [0.1, 0.15) is 58.4 Å². The van der Waals surface area contributed by atoms with E-state index in [-0.39, 0.29) is 11.9 Å². The fourth-order valence-corrected chi connectivity index (χ4v) is 2.91. The lowest BCUT2D eigenvalue weighted by molar-refractivity contribution is -0.890. The summed E-state index contributed by atoms with van der Waals surface area (Å²) in [5.74, 6) is 0.173. The molecule has 0 bridgehead atoms. The van der Waals surface area contributed by atoms with Gasteiger partial charge in [-0.05, 0) is 44.2 Å². The molecular weight excluding hydrogens is 300 g/mol. The van der Waals surface area contributed by atoms with E-state index in [1.807, 2.05) is 26.1 Å². The summed E-state index contributed by atoms with van der Waals surface area (Å²) in [6.07, 6.45) is 6.80. The van der Waals surface area contributed by atoms with Crippen molar-refractivity contribution in [1.82, 2.24) is 4.98 Å². The molecule has 0 aliphatic rings. The number of hydrogen-bond donors (Lipinski definition) is 0. The number of nitrogens with zero attached hydrogens (tertiary/aromatic N) is 2. The Kier molecular flexibility index (Phi) is 7.88. The van der Waals surface area contributed by atoms with Crippen molar-refractivity contribution in [3.63, 3.8) is 0 Å². The van der Waals surface area contributed by atoms with Crippen molar-refractivity contribution in [1.29, 1.82) is 0 Å². The minimum Gasteiger partial charge on any atom is -0.459 e. The first-order valence-electron chi connectivity index (χ1n) is 9.07. The van der Waals surface area contributed by atoms with Crippen LogP contribution in [0.2, 0.25) is 0 Å². The average molecular weight is 336 g/mol. The summed E-state index contributed by atoms with van der Waals surface area (Å²) in [6, 6.07) is 4.00. The zero-order valence-electron chi connectivity index (χ0n) is 16.3. The molecule has 4 heteroatoms. The second kappa shape index (κ2) is 9.16. The van der Waals surface area contributed by atoms with E-state index in [9.17, 15) is 4.79 Å². The van der Waals surface area contributed by atoms with Crippen molar-refractivity contribution in [3.8, 4) is 0 Å². The molecule has 1 atom stereocenters. The molecule has 0 aromatic carbocycles. The third kappa shape index (κ3) is 7.00. The smallest absolute Gasteiger partial charge is 0.311 e. The summed E-state index contributed by atoms with van der Waals surface area (Å²) >= 11 is 0. The summed E-state index contributed by atoms with van der Waals surface area (Å²) < 4.78 is 6.49. The van der Waals surface area contributed by atoms with Gasteiger partial charge in [-0.15, -0.1) is 0 Å². The Morgan fingerprint density at radius 2 is 2.04 bits per heavy atom. The Labute approximate surface area is 147 Å². The van der Waals surface area contributed by atoms with Crippen LogP contribution in [-0.2, 0) is 9.53 Å². The summed E-state index contributed by atoms with van der Waals surface area (Å²) in [5.41, 5.74) is 0.672. The number of carbonyl (C=O) groups excluding carboxylic acids is 1. The van der Waals surface area contributed by atoms with Crippen molar-refractivity contribution in [2.75, 3.05) is 33.8 Å². The number of aromatic nitrogens is 1. The van der Waals surface area contributed by atoms with Gasteiger partial charge in [-0.2, -0.15) is 0 Å². The van der Waals surface area contributed by atoms with Gasteiger partial charge in [0.15, 0.2) is 0 Å². The molecule has 1 aromatic rings. The van der Waals surface area contributed by atoms with Crippen LogP contribution in [0, 0.1) is 5.41 Å². The predicted octanol–water partition coefficient (Wildman–Crippen LogP) is 4.02. The highest BCUT2D eigenvalue weighted by Crippen LogP contribution is 2.32. The zero-order chi connectivity index (χ0) is 18.2. The molecule has 1 rings (SSSR count). The van der Waals surface area contributed by atoms with E-state index < -0.39 is 5.41 Å². The Morgan fingerprint density at radius 1 is 1.33 bits per heavy atom. The highest BCUT2D eigenvalue weighted by molar-refractivity contribution is 5.76. The van der Waals surface area contributed by atoms with Gasteiger partial charge in [0.25, 0.3) is 0 Å². The molecule has 0 N–H and O–H groups in total. The maximum atomic E-state index is 12.5. The summed E-state index contributed by atoms with van der Waals surface area (Å²) in [6.45, 7) is 10.7. The van der Waals surface area contributed by atoms with Crippen LogP contribution in [0.3, 0.4) is 0 Å². The molecule has 0 saturated heterocycles. The van der Waals surface area contributed by atoms with Crippen LogP contribution in [0.15, 0.2) is 24.5 Å². The van der Waals surface area contributed by atoms with Crippen LogP contribution >= 0.6 is 0 Å². The van der Waals surface area contributed by atoms with Crippen LogP contribution in [0.5, 0.6) is 0 Å². The fourth-order valence-electron chi connectivity index (χ4n) is 2.91. The second-order valence-electron chi connectivity index (χ2n) is 8.15. The van der Waals surface area contributed by atoms with Gasteiger partial charge in [0.05, 0.1) is 26.1 Å². The second-order valence-corrected chi connectivity index (χ2v) is 8.15. The lowest BCUT2D eigenvalue weighted by Crippen LogP contribution is -2.43. The number of hydrogen-bond acceptors (Lipinski definition) is 3. The van der Waals surface area contributed by atoms with Crippen LogP contribution in [0.25, 0.3) is 0 Å². The zero-order valence-corrected chi connectivity index (χ0v) is 16.3. The molecule has 0 spiro atoms. The minimum absolute atomic E-state index is 0.103. The summed E-state index contributed by atoms with van der Waals surface area (Å²) in [7, 11) is 4.39. The van der Waals surface area contributed by atoms with Crippen LogP contribution in [-0.4, -0.2) is 49.2 Å². The molecule has 0 aliphatic carbocycles. The van der Waals surface area contributed by atoms with E-state index in [4.69, 9.17) is 4.74 Å². The molecular formula is C20H35N2O2+. The third-order valence-electron chi connectivity index (χ3n) is 4.67. The van der Waals surface area contributed by atoms with Gasteiger partial charge >= 0.3 is 5.97 Å². The van der Waals surface area contributed by atoms with Gasteiger partial charge in [-0.1, -0.05) is 26.3 Å². The normalized spacial score (nSPS) is 13.6. The van der Waals surface area contributed by atoms with E-state index in [1.165, 1.54) is 12.8 Å². The number of esters is 1. The third-order valence-corrected chi connectivity index (χ3v) is 4.67. The molecule has 4 nitrogen and oxygen atoms in total. The number of rotatable bonds is 10. The molecule has 1 unspecified atom stereocenters. The first kappa shape index (κ1) is 20.6. The Morgan fingerprint density at radius 3 is 2.62 bits per heavy atom. The Hall–Kier alpha value is -1.42. The van der Waals surface area contributed by atoms with Crippen LogP contribution < -0.4 is 0 Å².